The largest absolute Gasteiger partial charge is 0.451 e. The van der Waals surface area contributed by atoms with Gasteiger partial charge < -0.3 is 20.1 Å². The first-order valence-electron chi connectivity index (χ1n) is 11.6. The SMILES string of the molecule is C/C=C(/C)C(=O)O[C@H]1C(C)=C[C@]23C(=O)[C@@H](C=C(CO)[C@@H](O)[C@]12O)[C@@]1(C)[C@@H](C[C@H]3C)C1(C)C. The summed E-state index contributed by atoms with van der Waals surface area (Å²) in [6.45, 7) is 12.9. The third-order valence-electron chi connectivity index (χ3n) is 9.85. The molecule has 4 aliphatic carbocycles. The summed E-state index contributed by atoms with van der Waals surface area (Å²) in [5.41, 5.74) is -2.82. The van der Waals surface area contributed by atoms with Gasteiger partial charge in [-0.3, -0.25) is 4.79 Å². The van der Waals surface area contributed by atoms with Crippen LogP contribution in [0.5, 0.6) is 0 Å². The van der Waals surface area contributed by atoms with Crippen LogP contribution in [-0.2, 0) is 14.3 Å². The van der Waals surface area contributed by atoms with Crippen LogP contribution in [0.3, 0.4) is 0 Å². The third-order valence-corrected chi connectivity index (χ3v) is 9.85. The normalized spacial score (nSPS) is 46.9. The number of carbonyl (C=O) groups is 2. The van der Waals surface area contributed by atoms with Gasteiger partial charge in [0, 0.05) is 11.5 Å². The summed E-state index contributed by atoms with van der Waals surface area (Å²) in [6.07, 6.45) is 3.00. The number of esters is 1. The minimum absolute atomic E-state index is 0.0834. The summed E-state index contributed by atoms with van der Waals surface area (Å²) >= 11 is 0. The molecule has 3 N–H and O–H groups in total. The van der Waals surface area contributed by atoms with Crippen molar-refractivity contribution in [2.45, 2.75) is 72.7 Å². The number of ether oxygens (including phenoxy) is 1. The molecule has 1 spiro atoms. The average Bonchev–Trinajstić information content (AvgIpc) is 3.10. The van der Waals surface area contributed by atoms with Gasteiger partial charge in [0.2, 0.25) is 0 Å². The summed E-state index contributed by atoms with van der Waals surface area (Å²) in [5.74, 6) is -1.36. The lowest BCUT2D eigenvalue weighted by Crippen LogP contribution is -2.66. The van der Waals surface area contributed by atoms with E-state index in [1.165, 1.54) is 0 Å². The van der Waals surface area contributed by atoms with Crippen molar-refractivity contribution in [3.8, 4) is 0 Å². The average molecular weight is 445 g/mol. The molecule has 2 fully saturated rings. The van der Waals surface area contributed by atoms with Crippen LogP contribution in [0.1, 0.15) is 54.9 Å². The molecule has 0 aromatic carbocycles. The highest BCUT2D eigenvalue weighted by molar-refractivity contribution is 5.96. The van der Waals surface area contributed by atoms with E-state index < -0.39 is 41.7 Å². The van der Waals surface area contributed by atoms with Gasteiger partial charge in [-0.25, -0.2) is 4.79 Å². The smallest absolute Gasteiger partial charge is 0.334 e. The molecule has 0 aliphatic heterocycles. The van der Waals surface area contributed by atoms with Crippen molar-refractivity contribution in [1.82, 2.24) is 0 Å². The number of allylic oxidation sites excluding steroid dienone is 2. The second kappa shape index (κ2) is 6.87. The standard InChI is InChI=1S/C26H36O6/c1-8-13(2)22(30)32-21-14(3)11-25-15(4)9-18-23(5,6)24(18,7)17(20(25)29)10-16(12-27)19(28)26(21,25)31/h8,10-11,15,17-19,21,27-28,31H,9,12H2,1-7H3/b13-8-/t15-,17-,18+,19-,21+,24+,25+,26+/m1/s1. The molecular weight excluding hydrogens is 408 g/mol. The molecule has 176 valence electrons. The first-order chi connectivity index (χ1) is 14.8. The van der Waals surface area contributed by atoms with E-state index in [1.807, 2.05) is 6.92 Å². The van der Waals surface area contributed by atoms with Gasteiger partial charge in [0.25, 0.3) is 0 Å². The highest BCUT2D eigenvalue weighted by Gasteiger charge is 2.80. The van der Waals surface area contributed by atoms with Crippen molar-refractivity contribution < 1.29 is 29.6 Å². The number of hydrogen-bond donors (Lipinski definition) is 3. The molecule has 0 saturated heterocycles. The maximum absolute atomic E-state index is 14.4. The zero-order valence-electron chi connectivity index (χ0n) is 20.1. The molecule has 2 bridgehead atoms. The van der Waals surface area contributed by atoms with Crippen LogP contribution >= 0.6 is 0 Å². The maximum atomic E-state index is 14.4. The van der Waals surface area contributed by atoms with Gasteiger partial charge in [0.05, 0.1) is 12.0 Å². The van der Waals surface area contributed by atoms with Crippen molar-refractivity contribution in [3.63, 3.8) is 0 Å². The summed E-state index contributed by atoms with van der Waals surface area (Å²) in [4.78, 5) is 27.1. The molecule has 8 atom stereocenters. The minimum Gasteiger partial charge on any atom is -0.451 e. The van der Waals surface area contributed by atoms with Crippen molar-refractivity contribution in [2.24, 2.45) is 34.0 Å². The number of rotatable bonds is 3. The molecule has 0 aromatic rings. The second-order valence-corrected chi connectivity index (χ2v) is 11.2. The molecule has 4 aliphatic rings. The molecule has 0 amide bonds. The molecule has 2 saturated carbocycles. The van der Waals surface area contributed by atoms with Crippen LogP contribution < -0.4 is 0 Å². The summed E-state index contributed by atoms with van der Waals surface area (Å²) in [5, 5.41) is 33.9. The van der Waals surface area contributed by atoms with Gasteiger partial charge >= 0.3 is 5.97 Å². The maximum Gasteiger partial charge on any atom is 0.334 e. The van der Waals surface area contributed by atoms with Crippen molar-refractivity contribution in [3.05, 3.63) is 34.9 Å². The zero-order valence-corrected chi connectivity index (χ0v) is 20.1. The Hall–Kier alpha value is -1.76. The predicted molar refractivity (Wildman–Crippen MR) is 119 cm³/mol. The number of fused-ring (bicyclic) bond motifs is 3. The lowest BCUT2D eigenvalue weighted by atomic mass is 9.58. The van der Waals surface area contributed by atoms with Gasteiger partial charge in [-0.1, -0.05) is 45.9 Å². The number of ketones is 1. The number of Topliss-reactive ketones (excluding diaryl/α,β-unsaturated/α-hetero) is 1. The highest BCUT2D eigenvalue weighted by atomic mass is 16.6. The van der Waals surface area contributed by atoms with Crippen molar-refractivity contribution in [2.75, 3.05) is 6.61 Å². The molecule has 0 unspecified atom stereocenters. The van der Waals surface area contributed by atoms with Gasteiger partial charge in [-0.05, 0) is 61.0 Å². The minimum atomic E-state index is -2.10. The van der Waals surface area contributed by atoms with Crippen LogP contribution in [0.25, 0.3) is 0 Å². The lowest BCUT2D eigenvalue weighted by Gasteiger charge is -2.49. The highest BCUT2D eigenvalue weighted by Crippen LogP contribution is 2.78. The number of aliphatic hydroxyl groups is 3. The quantitative estimate of drug-likeness (QED) is 0.351. The Morgan fingerprint density at radius 1 is 1.31 bits per heavy atom. The number of carbonyl (C=O) groups excluding carboxylic acids is 2. The molecular formula is C26H36O6. The van der Waals surface area contributed by atoms with Crippen molar-refractivity contribution in [1.29, 1.82) is 0 Å². The third kappa shape index (κ3) is 2.41. The molecule has 4 rings (SSSR count). The van der Waals surface area contributed by atoms with Crippen LogP contribution in [-0.4, -0.2) is 51.5 Å². The Morgan fingerprint density at radius 2 is 1.94 bits per heavy atom. The fraction of sp³-hybridized carbons (Fsp3) is 0.692. The fourth-order valence-electron chi connectivity index (χ4n) is 7.37. The first-order valence-corrected chi connectivity index (χ1v) is 11.6. The second-order valence-electron chi connectivity index (χ2n) is 11.2. The van der Waals surface area contributed by atoms with E-state index in [4.69, 9.17) is 4.74 Å². The number of hydrogen-bond acceptors (Lipinski definition) is 6. The van der Waals surface area contributed by atoms with E-state index in [1.54, 1.807) is 39.0 Å². The molecule has 0 aromatic heterocycles. The van der Waals surface area contributed by atoms with Gasteiger partial charge in [0.15, 0.2) is 17.5 Å². The van der Waals surface area contributed by atoms with E-state index >= 15 is 0 Å². The van der Waals surface area contributed by atoms with Gasteiger partial charge in [0.1, 0.15) is 6.10 Å². The van der Waals surface area contributed by atoms with Crippen LogP contribution in [0, 0.1) is 34.0 Å². The van der Waals surface area contributed by atoms with Crippen LogP contribution in [0.2, 0.25) is 0 Å². The first kappa shape index (κ1) is 23.4. The Labute approximate surface area is 190 Å². The molecule has 32 heavy (non-hydrogen) atoms. The summed E-state index contributed by atoms with van der Waals surface area (Å²) in [7, 11) is 0. The molecule has 0 heterocycles. The molecule has 0 radical (unpaired) electrons. The summed E-state index contributed by atoms with van der Waals surface area (Å²) in [6, 6.07) is 0. The van der Waals surface area contributed by atoms with E-state index in [0.29, 0.717) is 17.6 Å². The van der Waals surface area contributed by atoms with E-state index in [9.17, 15) is 24.9 Å². The van der Waals surface area contributed by atoms with Crippen molar-refractivity contribution >= 4 is 11.8 Å². The Morgan fingerprint density at radius 3 is 2.50 bits per heavy atom. The Balaban J connectivity index is 1.94. The van der Waals surface area contributed by atoms with Gasteiger partial charge in [-0.15, -0.1) is 0 Å². The predicted octanol–water partition coefficient (Wildman–Crippen LogP) is 2.72. The van der Waals surface area contributed by atoms with E-state index in [0.717, 1.165) is 0 Å². The number of aliphatic hydroxyl groups excluding tert-OH is 2. The Kier molecular flexibility index (Phi) is 5.03. The Bertz CT molecular complexity index is 973. The monoisotopic (exact) mass is 444 g/mol. The fourth-order valence-corrected chi connectivity index (χ4v) is 7.37. The zero-order chi connectivity index (χ0) is 24.0. The topological polar surface area (TPSA) is 104 Å². The lowest BCUT2D eigenvalue weighted by molar-refractivity contribution is -0.201. The molecule has 6 heteroatoms. The van der Waals surface area contributed by atoms with E-state index in [2.05, 4.69) is 20.8 Å². The molecule has 6 nitrogen and oxygen atoms in total. The summed E-state index contributed by atoms with van der Waals surface area (Å²) < 4.78 is 5.75. The van der Waals surface area contributed by atoms with Crippen LogP contribution in [0.15, 0.2) is 34.9 Å². The van der Waals surface area contributed by atoms with Crippen LogP contribution in [0.4, 0.5) is 0 Å². The van der Waals surface area contributed by atoms with Gasteiger partial charge in [-0.2, -0.15) is 0 Å². The van der Waals surface area contributed by atoms with E-state index in [-0.39, 0.29) is 34.0 Å².